The molecule has 2 aliphatic rings. The molecule has 1 saturated heterocycles. The summed E-state index contributed by atoms with van der Waals surface area (Å²) in [5, 5.41) is 4.67. The Labute approximate surface area is 178 Å². The normalized spacial score (nSPS) is 17.2. The molecule has 5 rings (SSSR count). The van der Waals surface area contributed by atoms with Gasteiger partial charge in [0, 0.05) is 17.1 Å². The fourth-order valence-electron chi connectivity index (χ4n) is 4.49. The molecular formula is C23H26Cl2N2O. The van der Waals surface area contributed by atoms with Crippen molar-refractivity contribution in [3.05, 3.63) is 59.8 Å². The highest BCUT2D eigenvalue weighted by Crippen LogP contribution is 2.40. The van der Waals surface area contributed by atoms with E-state index < -0.39 is 0 Å². The van der Waals surface area contributed by atoms with E-state index in [1.54, 1.807) is 0 Å². The van der Waals surface area contributed by atoms with Gasteiger partial charge in [-0.25, -0.2) is 0 Å². The van der Waals surface area contributed by atoms with Crippen molar-refractivity contribution in [2.75, 3.05) is 13.1 Å². The number of piperidine rings is 1. The van der Waals surface area contributed by atoms with E-state index in [1.165, 1.54) is 27.6 Å². The van der Waals surface area contributed by atoms with Crippen LogP contribution in [-0.2, 0) is 6.42 Å². The van der Waals surface area contributed by atoms with E-state index in [0.29, 0.717) is 0 Å². The van der Waals surface area contributed by atoms with Crippen LogP contribution in [0.3, 0.4) is 0 Å². The monoisotopic (exact) mass is 416 g/mol. The second-order valence-corrected chi connectivity index (χ2v) is 7.67. The highest BCUT2D eigenvalue weighted by atomic mass is 35.5. The molecule has 148 valence electrons. The molecule has 5 heteroatoms. The van der Waals surface area contributed by atoms with Crippen molar-refractivity contribution in [1.29, 1.82) is 0 Å². The number of halogens is 2. The van der Waals surface area contributed by atoms with Crippen molar-refractivity contribution in [3.8, 4) is 16.9 Å². The third-order valence-corrected chi connectivity index (χ3v) is 6.11. The second kappa shape index (κ2) is 8.28. The number of nitrogens with one attached hydrogen (secondary N) is 1. The highest BCUT2D eigenvalue weighted by molar-refractivity contribution is 5.88. The lowest BCUT2D eigenvalue weighted by Crippen LogP contribution is -2.48. The van der Waals surface area contributed by atoms with Gasteiger partial charge in [-0.3, -0.25) is 4.98 Å². The molecule has 1 aromatic heterocycles. The summed E-state index contributed by atoms with van der Waals surface area (Å²) in [6.45, 7) is 4.32. The number of aromatic nitrogens is 1. The van der Waals surface area contributed by atoms with Crippen LogP contribution >= 0.6 is 24.8 Å². The lowest BCUT2D eigenvalue weighted by molar-refractivity contribution is 0.0170. The van der Waals surface area contributed by atoms with Crippen molar-refractivity contribution in [2.45, 2.75) is 38.2 Å². The van der Waals surface area contributed by atoms with Gasteiger partial charge in [0.15, 0.2) is 0 Å². The molecule has 1 fully saturated rings. The number of rotatable bonds is 1. The topological polar surface area (TPSA) is 34.1 Å². The van der Waals surface area contributed by atoms with Gasteiger partial charge in [0.1, 0.15) is 11.4 Å². The fraction of sp³-hybridized carbons (Fsp3) is 0.348. The fourth-order valence-corrected chi connectivity index (χ4v) is 4.49. The quantitative estimate of drug-likeness (QED) is 0.568. The lowest BCUT2D eigenvalue weighted by Gasteiger charge is -2.41. The third-order valence-electron chi connectivity index (χ3n) is 6.11. The number of pyridine rings is 1. The van der Waals surface area contributed by atoms with E-state index in [9.17, 15) is 0 Å². The van der Waals surface area contributed by atoms with Gasteiger partial charge in [0.05, 0.1) is 5.52 Å². The molecule has 2 aliphatic heterocycles. The number of benzene rings is 2. The minimum absolute atomic E-state index is 0. The third kappa shape index (κ3) is 3.59. The van der Waals surface area contributed by atoms with Crippen LogP contribution in [0.15, 0.2) is 48.7 Å². The van der Waals surface area contributed by atoms with Crippen LogP contribution in [0.4, 0.5) is 0 Å². The van der Waals surface area contributed by atoms with Gasteiger partial charge in [-0.2, -0.15) is 0 Å². The van der Waals surface area contributed by atoms with Crippen molar-refractivity contribution in [3.63, 3.8) is 0 Å². The van der Waals surface area contributed by atoms with E-state index in [-0.39, 0.29) is 30.4 Å². The molecular weight excluding hydrogens is 391 g/mol. The van der Waals surface area contributed by atoms with Crippen LogP contribution in [0.25, 0.3) is 22.0 Å². The Kier molecular flexibility index (Phi) is 6.18. The zero-order chi connectivity index (χ0) is 17.6. The van der Waals surface area contributed by atoms with E-state index in [1.807, 2.05) is 12.3 Å². The number of fused-ring (bicyclic) bond motifs is 2. The van der Waals surface area contributed by atoms with Crippen LogP contribution in [0, 0.1) is 6.92 Å². The maximum absolute atomic E-state index is 6.50. The maximum atomic E-state index is 6.50. The van der Waals surface area contributed by atoms with E-state index in [2.05, 4.69) is 53.6 Å². The molecule has 1 N–H and O–H groups in total. The van der Waals surface area contributed by atoms with E-state index in [4.69, 9.17) is 4.74 Å². The van der Waals surface area contributed by atoms with Crippen molar-refractivity contribution in [1.82, 2.24) is 10.3 Å². The molecule has 3 heterocycles. The van der Waals surface area contributed by atoms with Gasteiger partial charge in [-0.05, 0) is 80.6 Å². The molecule has 0 bridgehead atoms. The average molecular weight is 417 g/mol. The number of nitrogens with zero attached hydrogens (tertiary/aromatic N) is 1. The molecule has 0 aliphatic carbocycles. The zero-order valence-corrected chi connectivity index (χ0v) is 17.7. The lowest BCUT2D eigenvalue weighted by atomic mass is 9.83. The molecule has 0 amide bonds. The minimum atomic E-state index is 0. The predicted molar refractivity (Wildman–Crippen MR) is 120 cm³/mol. The summed E-state index contributed by atoms with van der Waals surface area (Å²) in [6.07, 6.45) is 6.46. The molecule has 0 atom stereocenters. The van der Waals surface area contributed by atoms with Crippen molar-refractivity contribution in [2.24, 2.45) is 0 Å². The molecule has 0 unspecified atom stereocenters. The van der Waals surface area contributed by atoms with Gasteiger partial charge in [0.25, 0.3) is 0 Å². The molecule has 1 spiro atoms. The second-order valence-electron chi connectivity index (χ2n) is 7.67. The first-order valence-electron chi connectivity index (χ1n) is 9.62. The summed E-state index contributed by atoms with van der Waals surface area (Å²) in [6, 6.07) is 15.0. The van der Waals surface area contributed by atoms with Gasteiger partial charge < -0.3 is 10.1 Å². The number of hydrogen-bond donors (Lipinski definition) is 1. The maximum Gasteiger partial charge on any atom is 0.123 e. The summed E-state index contributed by atoms with van der Waals surface area (Å²) >= 11 is 0. The first kappa shape index (κ1) is 20.9. The van der Waals surface area contributed by atoms with E-state index >= 15 is 0 Å². The van der Waals surface area contributed by atoms with Crippen molar-refractivity contribution >= 4 is 35.7 Å². The number of para-hydroxylation sites is 1. The molecule has 3 aromatic rings. The smallest absolute Gasteiger partial charge is 0.123 e. The molecule has 2 aromatic carbocycles. The SMILES string of the molecule is Cc1c(-c2ccc3c(c2)CCC2(CCNCC2)O3)cnc2ccccc12.Cl.Cl. The Morgan fingerprint density at radius 1 is 1.00 bits per heavy atom. The minimum Gasteiger partial charge on any atom is -0.487 e. The van der Waals surface area contributed by atoms with Crippen LogP contribution < -0.4 is 10.1 Å². The summed E-state index contributed by atoms with van der Waals surface area (Å²) in [4.78, 5) is 4.66. The van der Waals surface area contributed by atoms with Crippen molar-refractivity contribution < 1.29 is 4.74 Å². The van der Waals surface area contributed by atoms with Crippen LogP contribution in [0.5, 0.6) is 5.75 Å². The summed E-state index contributed by atoms with van der Waals surface area (Å²) in [5.41, 5.74) is 6.20. The molecule has 3 nitrogen and oxygen atoms in total. The summed E-state index contributed by atoms with van der Waals surface area (Å²) < 4.78 is 6.50. The number of hydrogen-bond acceptors (Lipinski definition) is 3. The Balaban J connectivity index is 0.00000112. The van der Waals surface area contributed by atoms with Crippen LogP contribution in [0.2, 0.25) is 0 Å². The molecule has 28 heavy (non-hydrogen) atoms. The standard InChI is InChI=1S/C23H24N2O.2ClH/c1-16-19-4-2-3-5-21(19)25-15-20(16)17-6-7-22-18(14-17)8-9-23(26-22)10-12-24-13-11-23;;/h2-7,14-15,24H,8-13H2,1H3;2*1H. The Bertz CT molecular complexity index is 983. The van der Waals surface area contributed by atoms with Gasteiger partial charge in [-0.15, -0.1) is 24.8 Å². The molecule has 0 saturated carbocycles. The highest BCUT2D eigenvalue weighted by Gasteiger charge is 2.37. The number of aryl methyl sites for hydroxylation is 2. The van der Waals surface area contributed by atoms with Gasteiger partial charge in [-0.1, -0.05) is 24.3 Å². The summed E-state index contributed by atoms with van der Waals surface area (Å²) in [5.74, 6) is 1.08. The first-order valence-corrected chi connectivity index (χ1v) is 9.62. The number of ether oxygens (including phenoxy) is 1. The zero-order valence-electron chi connectivity index (χ0n) is 16.0. The largest absolute Gasteiger partial charge is 0.487 e. The Morgan fingerprint density at radius 2 is 1.79 bits per heavy atom. The molecule has 0 radical (unpaired) electrons. The van der Waals surface area contributed by atoms with Gasteiger partial charge in [0.2, 0.25) is 0 Å². The van der Waals surface area contributed by atoms with Crippen LogP contribution in [0.1, 0.15) is 30.4 Å². The van der Waals surface area contributed by atoms with Crippen LogP contribution in [-0.4, -0.2) is 23.7 Å². The first-order chi connectivity index (χ1) is 12.7. The summed E-state index contributed by atoms with van der Waals surface area (Å²) in [7, 11) is 0. The predicted octanol–water partition coefficient (Wildman–Crippen LogP) is 5.50. The Morgan fingerprint density at radius 3 is 2.61 bits per heavy atom. The average Bonchev–Trinajstić information content (AvgIpc) is 2.69. The Hall–Kier alpha value is -1.81. The van der Waals surface area contributed by atoms with E-state index in [0.717, 1.165) is 50.0 Å². The van der Waals surface area contributed by atoms with Gasteiger partial charge >= 0.3 is 0 Å².